The Morgan fingerprint density at radius 1 is 1.23 bits per heavy atom. The molecule has 3 rings (SSSR count). The van der Waals surface area contributed by atoms with Crippen LogP contribution in [-0.4, -0.2) is 41.8 Å². The zero-order valence-electron chi connectivity index (χ0n) is 12.5. The molecule has 3 amide bonds. The first-order valence-electron chi connectivity index (χ1n) is 7.61. The maximum Gasteiger partial charge on any atom is 0.252 e. The van der Waals surface area contributed by atoms with Gasteiger partial charge in [0.25, 0.3) is 5.91 Å². The third-order valence-corrected chi connectivity index (χ3v) is 4.13. The smallest absolute Gasteiger partial charge is 0.252 e. The summed E-state index contributed by atoms with van der Waals surface area (Å²) in [6.45, 7) is 2.92. The number of anilines is 2. The van der Waals surface area contributed by atoms with E-state index in [9.17, 15) is 14.4 Å². The summed E-state index contributed by atoms with van der Waals surface area (Å²) in [5.41, 5.74) is 1.58. The topological polar surface area (TPSA) is 69.7 Å². The SMILES string of the molecule is CCN1C(=O)C[C@H](Nc2cccc(N3CCCC3=O)c2)C1=O. The van der Waals surface area contributed by atoms with Crippen LogP contribution in [-0.2, 0) is 14.4 Å². The van der Waals surface area contributed by atoms with E-state index in [0.29, 0.717) is 13.0 Å². The monoisotopic (exact) mass is 301 g/mol. The van der Waals surface area contributed by atoms with Crippen LogP contribution in [0.5, 0.6) is 0 Å². The van der Waals surface area contributed by atoms with Crippen molar-refractivity contribution in [2.75, 3.05) is 23.3 Å². The molecule has 2 fully saturated rings. The van der Waals surface area contributed by atoms with E-state index in [2.05, 4.69) is 5.32 Å². The molecule has 22 heavy (non-hydrogen) atoms. The molecule has 0 aliphatic carbocycles. The van der Waals surface area contributed by atoms with Gasteiger partial charge in [-0.2, -0.15) is 0 Å². The van der Waals surface area contributed by atoms with Crippen molar-refractivity contribution < 1.29 is 14.4 Å². The minimum Gasteiger partial charge on any atom is -0.373 e. The molecule has 1 N–H and O–H groups in total. The van der Waals surface area contributed by atoms with E-state index in [0.717, 1.165) is 24.3 Å². The zero-order valence-corrected chi connectivity index (χ0v) is 12.5. The fourth-order valence-corrected chi connectivity index (χ4v) is 3.01. The molecule has 0 unspecified atom stereocenters. The van der Waals surface area contributed by atoms with Gasteiger partial charge in [-0.3, -0.25) is 19.3 Å². The highest BCUT2D eigenvalue weighted by Gasteiger charge is 2.37. The van der Waals surface area contributed by atoms with Gasteiger partial charge in [0, 0.05) is 30.9 Å². The Kier molecular flexibility index (Phi) is 3.83. The Bertz CT molecular complexity index is 629. The van der Waals surface area contributed by atoms with Gasteiger partial charge in [-0.15, -0.1) is 0 Å². The molecule has 2 saturated heterocycles. The Morgan fingerprint density at radius 2 is 2.05 bits per heavy atom. The highest BCUT2D eigenvalue weighted by molar-refractivity contribution is 6.06. The van der Waals surface area contributed by atoms with Gasteiger partial charge in [-0.25, -0.2) is 0 Å². The average molecular weight is 301 g/mol. The van der Waals surface area contributed by atoms with Crippen LogP contribution < -0.4 is 10.2 Å². The van der Waals surface area contributed by atoms with Gasteiger partial charge in [0.2, 0.25) is 11.8 Å². The molecular formula is C16H19N3O3. The molecular weight excluding hydrogens is 282 g/mol. The number of likely N-dealkylation sites (N-methyl/N-ethyl adjacent to an activating group) is 1. The van der Waals surface area contributed by atoms with Gasteiger partial charge in [0.1, 0.15) is 6.04 Å². The van der Waals surface area contributed by atoms with Crippen molar-refractivity contribution in [2.24, 2.45) is 0 Å². The molecule has 0 bridgehead atoms. The number of imide groups is 1. The Hall–Kier alpha value is -2.37. The number of rotatable bonds is 4. The number of benzene rings is 1. The highest BCUT2D eigenvalue weighted by Crippen LogP contribution is 2.26. The van der Waals surface area contributed by atoms with Crippen molar-refractivity contribution in [1.82, 2.24) is 4.90 Å². The molecule has 2 heterocycles. The van der Waals surface area contributed by atoms with E-state index < -0.39 is 6.04 Å². The van der Waals surface area contributed by atoms with Gasteiger partial charge in [0.15, 0.2) is 0 Å². The van der Waals surface area contributed by atoms with E-state index in [1.165, 1.54) is 4.90 Å². The Labute approximate surface area is 129 Å². The first-order chi connectivity index (χ1) is 10.6. The molecule has 6 heteroatoms. The van der Waals surface area contributed by atoms with Gasteiger partial charge in [-0.05, 0) is 31.5 Å². The average Bonchev–Trinajstić information content (AvgIpc) is 3.04. The third-order valence-electron chi connectivity index (χ3n) is 4.13. The fourth-order valence-electron chi connectivity index (χ4n) is 3.01. The Balaban J connectivity index is 1.75. The second kappa shape index (κ2) is 5.79. The third kappa shape index (κ3) is 2.56. The largest absolute Gasteiger partial charge is 0.373 e. The minimum absolute atomic E-state index is 0.126. The lowest BCUT2D eigenvalue weighted by Gasteiger charge is -2.18. The van der Waals surface area contributed by atoms with E-state index in [1.54, 1.807) is 11.8 Å². The predicted octanol–water partition coefficient (Wildman–Crippen LogP) is 1.37. The van der Waals surface area contributed by atoms with E-state index >= 15 is 0 Å². The number of carbonyl (C=O) groups excluding carboxylic acids is 3. The summed E-state index contributed by atoms with van der Waals surface area (Å²) in [6.07, 6.45) is 1.63. The molecule has 0 aromatic heterocycles. The molecule has 2 aliphatic heterocycles. The molecule has 2 aliphatic rings. The number of nitrogens with one attached hydrogen (secondary N) is 1. The lowest BCUT2D eigenvalue weighted by atomic mass is 10.2. The van der Waals surface area contributed by atoms with Crippen LogP contribution in [0.15, 0.2) is 24.3 Å². The molecule has 1 atom stereocenters. The number of amides is 3. The van der Waals surface area contributed by atoms with Crippen LogP contribution >= 0.6 is 0 Å². The number of likely N-dealkylation sites (tertiary alicyclic amines) is 1. The van der Waals surface area contributed by atoms with Crippen LogP contribution in [0.4, 0.5) is 11.4 Å². The van der Waals surface area contributed by atoms with Crippen molar-refractivity contribution in [2.45, 2.75) is 32.2 Å². The van der Waals surface area contributed by atoms with E-state index in [-0.39, 0.29) is 24.1 Å². The van der Waals surface area contributed by atoms with E-state index in [4.69, 9.17) is 0 Å². The van der Waals surface area contributed by atoms with Crippen molar-refractivity contribution in [3.63, 3.8) is 0 Å². The van der Waals surface area contributed by atoms with Crippen molar-refractivity contribution in [1.29, 1.82) is 0 Å². The summed E-state index contributed by atoms with van der Waals surface area (Å²) < 4.78 is 0. The normalized spacial score (nSPS) is 21.9. The van der Waals surface area contributed by atoms with Crippen molar-refractivity contribution in [3.05, 3.63) is 24.3 Å². The minimum atomic E-state index is -0.517. The zero-order chi connectivity index (χ0) is 15.7. The van der Waals surface area contributed by atoms with Crippen molar-refractivity contribution >= 4 is 29.1 Å². The van der Waals surface area contributed by atoms with Crippen LogP contribution in [0.25, 0.3) is 0 Å². The molecule has 0 spiro atoms. The lowest BCUT2D eigenvalue weighted by Crippen LogP contribution is -2.34. The number of hydrogen-bond acceptors (Lipinski definition) is 4. The van der Waals surface area contributed by atoms with Crippen LogP contribution in [0.1, 0.15) is 26.2 Å². The summed E-state index contributed by atoms with van der Waals surface area (Å²) in [5.74, 6) is -0.201. The Morgan fingerprint density at radius 3 is 2.68 bits per heavy atom. The summed E-state index contributed by atoms with van der Waals surface area (Å²) in [7, 11) is 0. The summed E-state index contributed by atoms with van der Waals surface area (Å²) in [5, 5.41) is 3.11. The molecule has 6 nitrogen and oxygen atoms in total. The summed E-state index contributed by atoms with van der Waals surface area (Å²) >= 11 is 0. The molecule has 1 aromatic rings. The second-order valence-corrected chi connectivity index (χ2v) is 5.58. The fraction of sp³-hybridized carbons (Fsp3) is 0.438. The number of hydrogen-bond donors (Lipinski definition) is 1. The standard InChI is InChI=1S/C16H19N3O3/c1-2-18-15(21)10-13(16(18)22)17-11-5-3-6-12(9-11)19-8-4-7-14(19)20/h3,5-6,9,13,17H,2,4,7-8,10H2,1H3/t13-/m0/s1. The predicted molar refractivity (Wildman–Crippen MR) is 82.5 cm³/mol. The van der Waals surface area contributed by atoms with Gasteiger partial charge >= 0.3 is 0 Å². The quantitative estimate of drug-likeness (QED) is 0.853. The first-order valence-corrected chi connectivity index (χ1v) is 7.61. The molecule has 1 aromatic carbocycles. The number of carbonyl (C=O) groups is 3. The van der Waals surface area contributed by atoms with Crippen LogP contribution in [0.2, 0.25) is 0 Å². The first kappa shape index (κ1) is 14.6. The molecule has 0 radical (unpaired) electrons. The van der Waals surface area contributed by atoms with Gasteiger partial charge < -0.3 is 10.2 Å². The maximum absolute atomic E-state index is 12.1. The van der Waals surface area contributed by atoms with Crippen LogP contribution in [0.3, 0.4) is 0 Å². The van der Waals surface area contributed by atoms with Crippen molar-refractivity contribution in [3.8, 4) is 0 Å². The number of nitrogens with zero attached hydrogens (tertiary/aromatic N) is 2. The lowest BCUT2D eigenvalue weighted by molar-refractivity contribution is -0.138. The van der Waals surface area contributed by atoms with Gasteiger partial charge in [-0.1, -0.05) is 6.07 Å². The second-order valence-electron chi connectivity index (χ2n) is 5.58. The van der Waals surface area contributed by atoms with E-state index in [1.807, 2.05) is 24.3 Å². The molecule has 0 saturated carbocycles. The van der Waals surface area contributed by atoms with Gasteiger partial charge in [0.05, 0.1) is 6.42 Å². The molecule has 116 valence electrons. The maximum atomic E-state index is 12.1. The summed E-state index contributed by atoms with van der Waals surface area (Å²) in [6, 6.07) is 6.92. The highest BCUT2D eigenvalue weighted by atomic mass is 16.2. The van der Waals surface area contributed by atoms with Crippen LogP contribution in [0, 0.1) is 0 Å². The summed E-state index contributed by atoms with van der Waals surface area (Å²) in [4.78, 5) is 38.7.